The Morgan fingerprint density at radius 3 is 2.75 bits per heavy atom. The number of benzene rings is 2. The van der Waals surface area contributed by atoms with Crippen LogP contribution in [0.1, 0.15) is 31.4 Å². The van der Waals surface area contributed by atoms with Gasteiger partial charge in [0.05, 0.1) is 12.0 Å². The van der Waals surface area contributed by atoms with Crippen LogP contribution in [-0.2, 0) is 4.79 Å². The molecule has 1 heterocycles. The Balaban J connectivity index is 1.73. The lowest BCUT2D eigenvalue weighted by Crippen LogP contribution is -2.47. The highest BCUT2D eigenvalue weighted by molar-refractivity contribution is 5.86. The number of nitrogens with one attached hydrogen (secondary N) is 1. The third-order valence-corrected chi connectivity index (χ3v) is 4.69. The smallest absolute Gasteiger partial charge is 0.317 e. The first-order valence-electron chi connectivity index (χ1n) is 8.32. The highest BCUT2D eigenvalue weighted by Gasteiger charge is 2.28. The van der Waals surface area contributed by atoms with Crippen molar-refractivity contribution in [3.63, 3.8) is 0 Å². The highest BCUT2D eigenvalue weighted by Crippen LogP contribution is 2.24. The van der Waals surface area contributed by atoms with E-state index in [1.807, 2.05) is 31.2 Å². The van der Waals surface area contributed by atoms with Crippen molar-refractivity contribution < 1.29 is 14.7 Å². The van der Waals surface area contributed by atoms with E-state index in [1.54, 1.807) is 4.90 Å². The second kappa shape index (κ2) is 6.91. The van der Waals surface area contributed by atoms with Gasteiger partial charge < -0.3 is 15.3 Å². The van der Waals surface area contributed by atoms with Gasteiger partial charge >= 0.3 is 12.0 Å². The average molecular weight is 326 g/mol. The Bertz CT molecular complexity index is 754. The molecule has 5 heteroatoms. The molecule has 0 aromatic heterocycles. The Morgan fingerprint density at radius 1 is 1.21 bits per heavy atom. The van der Waals surface area contributed by atoms with Gasteiger partial charge in [0.25, 0.3) is 0 Å². The van der Waals surface area contributed by atoms with E-state index in [1.165, 1.54) is 0 Å². The number of fused-ring (bicyclic) bond motifs is 1. The lowest BCUT2D eigenvalue weighted by Gasteiger charge is -2.32. The SMILES string of the molecule is CC(NC(=O)N1CCCC(C(=O)O)C1)c1cccc2ccccc12. The van der Waals surface area contributed by atoms with Crippen LogP contribution < -0.4 is 5.32 Å². The van der Waals surface area contributed by atoms with Crippen molar-refractivity contribution in [2.75, 3.05) is 13.1 Å². The zero-order valence-electron chi connectivity index (χ0n) is 13.7. The number of likely N-dealkylation sites (tertiary alicyclic amines) is 1. The number of carboxylic acids is 1. The number of urea groups is 1. The predicted octanol–water partition coefficient (Wildman–Crippen LogP) is 3.41. The molecule has 0 aliphatic carbocycles. The minimum absolute atomic E-state index is 0.145. The van der Waals surface area contributed by atoms with E-state index in [2.05, 4.69) is 23.5 Å². The van der Waals surface area contributed by atoms with Gasteiger partial charge in [-0.05, 0) is 36.1 Å². The van der Waals surface area contributed by atoms with Crippen LogP contribution in [0.5, 0.6) is 0 Å². The molecule has 5 nitrogen and oxygen atoms in total. The molecule has 2 atom stereocenters. The lowest BCUT2D eigenvalue weighted by atomic mass is 9.98. The van der Waals surface area contributed by atoms with Crippen LogP contribution in [0.25, 0.3) is 10.8 Å². The summed E-state index contributed by atoms with van der Waals surface area (Å²) in [5, 5.41) is 14.4. The molecule has 0 bridgehead atoms. The standard InChI is InChI=1S/C19H22N2O3/c1-13(16-10-4-7-14-6-2-3-9-17(14)16)20-19(24)21-11-5-8-15(12-21)18(22)23/h2-4,6-7,9-10,13,15H,5,8,11-12H2,1H3,(H,20,24)(H,22,23). The second-order valence-electron chi connectivity index (χ2n) is 6.36. The molecule has 2 unspecified atom stereocenters. The second-order valence-corrected chi connectivity index (χ2v) is 6.36. The molecule has 1 aliphatic heterocycles. The average Bonchev–Trinajstić information content (AvgIpc) is 2.61. The van der Waals surface area contributed by atoms with Gasteiger partial charge in [-0.1, -0.05) is 42.5 Å². The van der Waals surface area contributed by atoms with Crippen molar-refractivity contribution in [1.82, 2.24) is 10.2 Å². The molecule has 0 saturated carbocycles. The van der Waals surface area contributed by atoms with E-state index in [0.29, 0.717) is 13.0 Å². The van der Waals surface area contributed by atoms with Gasteiger partial charge in [0.15, 0.2) is 0 Å². The molecule has 0 spiro atoms. The number of carboxylic acid groups (broad SMARTS) is 1. The minimum atomic E-state index is -0.824. The molecular weight excluding hydrogens is 304 g/mol. The summed E-state index contributed by atoms with van der Waals surface area (Å²) in [6, 6.07) is 13.8. The normalized spacial score (nSPS) is 19.0. The fraction of sp³-hybridized carbons (Fsp3) is 0.368. The van der Waals surface area contributed by atoms with Crippen LogP contribution in [0, 0.1) is 5.92 Å². The van der Waals surface area contributed by atoms with Crippen molar-refractivity contribution in [2.45, 2.75) is 25.8 Å². The lowest BCUT2D eigenvalue weighted by molar-refractivity contribution is -0.143. The van der Waals surface area contributed by atoms with E-state index in [9.17, 15) is 9.59 Å². The third-order valence-electron chi connectivity index (χ3n) is 4.69. The number of aliphatic carboxylic acids is 1. The summed E-state index contributed by atoms with van der Waals surface area (Å²) in [6.07, 6.45) is 1.37. The number of carbonyl (C=O) groups excluding carboxylic acids is 1. The maximum Gasteiger partial charge on any atom is 0.317 e. The van der Waals surface area contributed by atoms with Crippen LogP contribution in [0.4, 0.5) is 4.79 Å². The number of hydrogen-bond acceptors (Lipinski definition) is 2. The van der Waals surface area contributed by atoms with Gasteiger partial charge in [-0.15, -0.1) is 0 Å². The quantitative estimate of drug-likeness (QED) is 0.908. The largest absolute Gasteiger partial charge is 0.481 e. The number of rotatable bonds is 3. The molecule has 24 heavy (non-hydrogen) atoms. The Kier molecular flexibility index (Phi) is 4.69. The third kappa shape index (κ3) is 3.35. The summed E-state index contributed by atoms with van der Waals surface area (Å²) in [5.41, 5.74) is 1.06. The molecule has 1 fully saturated rings. The maximum atomic E-state index is 12.5. The topological polar surface area (TPSA) is 69.6 Å². The summed E-state index contributed by atoms with van der Waals surface area (Å²) in [6.45, 7) is 2.85. The van der Waals surface area contributed by atoms with E-state index >= 15 is 0 Å². The number of piperidine rings is 1. The van der Waals surface area contributed by atoms with Crippen molar-refractivity contribution in [1.29, 1.82) is 0 Å². The first-order valence-corrected chi connectivity index (χ1v) is 8.32. The number of carbonyl (C=O) groups is 2. The molecule has 0 radical (unpaired) electrons. The summed E-state index contributed by atoms with van der Waals surface area (Å²) >= 11 is 0. The Morgan fingerprint density at radius 2 is 1.96 bits per heavy atom. The van der Waals surface area contributed by atoms with Crippen LogP contribution in [0.3, 0.4) is 0 Å². The molecule has 1 aliphatic rings. The van der Waals surface area contributed by atoms with Crippen molar-refractivity contribution in [3.05, 3.63) is 48.0 Å². The maximum absolute atomic E-state index is 12.5. The first-order chi connectivity index (χ1) is 11.6. The Hall–Kier alpha value is -2.56. The van der Waals surface area contributed by atoms with E-state index in [-0.39, 0.29) is 18.6 Å². The number of hydrogen-bond donors (Lipinski definition) is 2. The summed E-state index contributed by atoms with van der Waals surface area (Å²) in [4.78, 5) is 25.3. The zero-order chi connectivity index (χ0) is 17.1. The van der Waals surface area contributed by atoms with Crippen LogP contribution in [-0.4, -0.2) is 35.1 Å². The first kappa shape index (κ1) is 16.3. The number of nitrogens with zero attached hydrogens (tertiary/aromatic N) is 1. The predicted molar refractivity (Wildman–Crippen MR) is 92.8 cm³/mol. The summed E-state index contributed by atoms with van der Waals surface area (Å²) in [7, 11) is 0. The van der Waals surface area contributed by atoms with Crippen LogP contribution >= 0.6 is 0 Å². The molecule has 2 N–H and O–H groups in total. The molecule has 1 saturated heterocycles. The van der Waals surface area contributed by atoms with E-state index in [0.717, 1.165) is 22.8 Å². The molecule has 3 rings (SSSR count). The van der Waals surface area contributed by atoms with E-state index < -0.39 is 11.9 Å². The minimum Gasteiger partial charge on any atom is -0.481 e. The van der Waals surface area contributed by atoms with Crippen LogP contribution in [0.15, 0.2) is 42.5 Å². The van der Waals surface area contributed by atoms with Gasteiger partial charge in [0.2, 0.25) is 0 Å². The highest BCUT2D eigenvalue weighted by atomic mass is 16.4. The Labute approximate surface area is 141 Å². The van der Waals surface area contributed by atoms with Crippen molar-refractivity contribution in [2.24, 2.45) is 5.92 Å². The molecule has 126 valence electrons. The molecule has 2 aromatic carbocycles. The molecular formula is C19H22N2O3. The van der Waals surface area contributed by atoms with E-state index in [4.69, 9.17) is 5.11 Å². The van der Waals surface area contributed by atoms with Gasteiger partial charge in [-0.25, -0.2) is 4.79 Å². The fourth-order valence-corrected chi connectivity index (χ4v) is 3.35. The summed E-state index contributed by atoms with van der Waals surface area (Å²) in [5.74, 6) is -1.29. The van der Waals surface area contributed by atoms with Gasteiger partial charge in [0, 0.05) is 13.1 Å². The zero-order valence-corrected chi connectivity index (χ0v) is 13.7. The molecule has 2 amide bonds. The van der Waals surface area contributed by atoms with Crippen molar-refractivity contribution >= 4 is 22.8 Å². The van der Waals surface area contributed by atoms with Gasteiger partial charge in [-0.3, -0.25) is 4.79 Å². The molecule has 2 aromatic rings. The van der Waals surface area contributed by atoms with Gasteiger partial charge in [-0.2, -0.15) is 0 Å². The van der Waals surface area contributed by atoms with Crippen molar-refractivity contribution in [3.8, 4) is 0 Å². The summed E-state index contributed by atoms with van der Waals surface area (Å²) < 4.78 is 0. The van der Waals surface area contributed by atoms with Gasteiger partial charge in [0.1, 0.15) is 0 Å². The monoisotopic (exact) mass is 326 g/mol. The van der Waals surface area contributed by atoms with Crippen LogP contribution in [0.2, 0.25) is 0 Å². The fourth-order valence-electron chi connectivity index (χ4n) is 3.35. The number of amides is 2.